The van der Waals surface area contributed by atoms with Crippen LogP contribution >= 0.6 is 23.4 Å². The van der Waals surface area contributed by atoms with Crippen LogP contribution in [0.2, 0.25) is 5.02 Å². The molecule has 1 aliphatic rings. The van der Waals surface area contributed by atoms with Crippen LogP contribution < -0.4 is 5.32 Å². The summed E-state index contributed by atoms with van der Waals surface area (Å²) in [5.74, 6) is -0.0992. The monoisotopic (exact) mass is 377 g/mol. The number of halogens is 1. The molecule has 7 heteroatoms. The Kier molecular flexibility index (Phi) is 6.69. The maximum Gasteiger partial charge on any atom is 0.254 e. The Labute approximate surface area is 156 Å². The highest BCUT2D eigenvalue weighted by Gasteiger charge is 2.14. The Morgan fingerprint density at radius 3 is 2.76 bits per heavy atom. The van der Waals surface area contributed by atoms with Gasteiger partial charge >= 0.3 is 0 Å². The molecule has 1 fully saturated rings. The van der Waals surface area contributed by atoms with Crippen molar-refractivity contribution in [3.8, 4) is 0 Å². The van der Waals surface area contributed by atoms with Gasteiger partial charge in [0.15, 0.2) is 0 Å². The lowest BCUT2D eigenvalue weighted by Gasteiger charge is -2.26. The van der Waals surface area contributed by atoms with E-state index in [1.807, 2.05) is 24.3 Å². The number of carbonyl (C=O) groups is 1. The van der Waals surface area contributed by atoms with Crippen LogP contribution in [0, 0.1) is 0 Å². The van der Waals surface area contributed by atoms with Crippen LogP contribution in [0.5, 0.6) is 0 Å². The van der Waals surface area contributed by atoms with Crippen LogP contribution in [-0.4, -0.2) is 55.2 Å². The molecule has 0 atom stereocenters. The van der Waals surface area contributed by atoms with Crippen molar-refractivity contribution in [2.24, 2.45) is 0 Å². The van der Waals surface area contributed by atoms with E-state index in [-0.39, 0.29) is 5.91 Å². The lowest BCUT2D eigenvalue weighted by Crippen LogP contribution is -2.41. The van der Waals surface area contributed by atoms with Gasteiger partial charge in [-0.25, -0.2) is 4.98 Å². The lowest BCUT2D eigenvalue weighted by molar-refractivity contribution is 0.0383. The van der Waals surface area contributed by atoms with Gasteiger partial charge < -0.3 is 10.1 Å². The first kappa shape index (κ1) is 18.2. The first-order valence-corrected chi connectivity index (χ1v) is 9.38. The second-order valence-electron chi connectivity index (χ2n) is 5.62. The topological polar surface area (TPSA) is 54.5 Å². The van der Waals surface area contributed by atoms with Crippen molar-refractivity contribution in [3.05, 3.63) is 53.2 Å². The lowest BCUT2D eigenvalue weighted by atomic mass is 10.2. The Balaban J connectivity index is 1.59. The number of hydrogen-bond acceptors (Lipinski definition) is 5. The average Bonchev–Trinajstić information content (AvgIpc) is 2.65. The molecule has 0 saturated carbocycles. The quantitative estimate of drug-likeness (QED) is 0.838. The Morgan fingerprint density at radius 2 is 2.00 bits per heavy atom. The van der Waals surface area contributed by atoms with E-state index < -0.39 is 0 Å². The van der Waals surface area contributed by atoms with Crippen LogP contribution in [0.25, 0.3) is 0 Å². The molecule has 0 spiro atoms. The van der Waals surface area contributed by atoms with Crippen LogP contribution in [-0.2, 0) is 4.74 Å². The molecule has 1 aliphatic heterocycles. The van der Waals surface area contributed by atoms with Crippen molar-refractivity contribution >= 4 is 29.3 Å². The summed E-state index contributed by atoms with van der Waals surface area (Å²) in [4.78, 5) is 20.2. The molecule has 5 nitrogen and oxygen atoms in total. The van der Waals surface area contributed by atoms with Gasteiger partial charge in [-0.15, -0.1) is 0 Å². The average molecular weight is 378 g/mol. The molecule has 0 unspecified atom stereocenters. The molecule has 0 aliphatic carbocycles. The van der Waals surface area contributed by atoms with Crippen molar-refractivity contribution in [1.82, 2.24) is 15.2 Å². The summed E-state index contributed by atoms with van der Waals surface area (Å²) in [6.45, 7) is 4.80. The molecule has 132 valence electrons. The minimum atomic E-state index is -0.0992. The zero-order valence-corrected chi connectivity index (χ0v) is 15.4. The molecule has 3 rings (SSSR count). The summed E-state index contributed by atoms with van der Waals surface area (Å²) in [6, 6.07) is 11.1. The van der Waals surface area contributed by atoms with E-state index in [4.69, 9.17) is 16.3 Å². The number of nitrogens with one attached hydrogen (secondary N) is 1. The number of hydrogen-bond donors (Lipinski definition) is 1. The van der Waals surface area contributed by atoms with E-state index in [0.717, 1.165) is 37.7 Å². The highest BCUT2D eigenvalue weighted by atomic mass is 35.5. The number of pyridine rings is 1. The zero-order chi connectivity index (χ0) is 17.5. The van der Waals surface area contributed by atoms with E-state index >= 15 is 0 Å². The second-order valence-corrected chi connectivity index (χ2v) is 7.12. The highest BCUT2D eigenvalue weighted by molar-refractivity contribution is 7.99. The van der Waals surface area contributed by atoms with Crippen molar-refractivity contribution in [2.45, 2.75) is 9.92 Å². The molecule has 2 heterocycles. The van der Waals surface area contributed by atoms with Gasteiger partial charge in [-0.05, 0) is 36.4 Å². The molecule has 1 saturated heterocycles. The van der Waals surface area contributed by atoms with E-state index in [0.29, 0.717) is 22.2 Å². The predicted molar refractivity (Wildman–Crippen MR) is 99.4 cm³/mol. The zero-order valence-electron chi connectivity index (χ0n) is 13.8. The van der Waals surface area contributed by atoms with Crippen LogP contribution in [0.4, 0.5) is 0 Å². The maximum atomic E-state index is 12.5. The smallest absolute Gasteiger partial charge is 0.254 e. The fourth-order valence-corrected chi connectivity index (χ4v) is 3.51. The van der Waals surface area contributed by atoms with Gasteiger partial charge in [0.05, 0.1) is 18.8 Å². The number of carbonyl (C=O) groups excluding carboxylic acids is 1. The van der Waals surface area contributed by atoms with Crippen LogP contribution in [0.1, 0.15) is 10.4 Å². The molecule has 0 radical (unpaired) electrons. The van der Waals surface area contributed by atoms with Gasteiger partial charge in [-0.1, -0.05) is 23.4 Å². The van der Waals surface area contributed by atoms with E-state index in [1.165, 1.54) is 11.8 Å². The van der Waals surface area contributed by atoms with Crippen LogP contribution in [0.15, 0.2) is 52.5 Å². The highest BCUT2D eigenvalue weighted by Crippen LogP contribution is 2.29. The summed E-state index contributed by atoms with van der Waals surface area (Å²) in [5, 5.41) is 4.36. The minimum absolute atomic E-state index is 0.0992. The van der Waals surface area contributed by atoms with Crippen molar-refractivity contribution in [2.75, 3.05) is 39.4 Å². The number of morpholine rings is 1. The Morgan fingerprint density at radius 1 is 1.24 bits per heavy atom. The second kappa shape index (κ2) is 9.20. The number of amides is 1. The molecular formula is C18H20ClN3O2S. The first-order chi connectivity index (χ1) is 12.2. The van der Waals surface area contributed by atoms with Crippen molar-refractivity contribution < 1.29 is 9.53 Å². The van der Waals surface area contributed by atoms with Crippen molar-refractivity contribution in [1.29, 1.82) is 0 Å². The van der Waals surface area contributed by atoms with Gasteiger partial charge in [-0.3, -0.25) is 9.69 Å². The minimum Gasteiger partial charge on any atom is -0.379 e. The molecule has 0 bridgehead atoms. The molecule has 2 aromatic rings. The summed E-state index contributed by atoms with van der Waals surface area (Å²) in [7, 11) is 0. The fraction of sp³-hybridized carbons (Fsp3) is 0.333. The van der Waals surface area contributed by atoms with E-state index in [9.17, 15) is 4.79 Å². The number of rotatable bonds is 6. The summed E-state index contributed by atoms with van der Waals surface area (Å²) < 4.78 is 5.33. The summed E-state index contributed by atoms with van der Waals surface area (Å²) in [5.41, 5.74) is 0.587. The Bertz CT molecular complexity index is 706. The maximum absolute atomic E-state index is 12.5. The molecule has 25 heavy (non-hydrogen) atoms. The molecule has 1 N–H and O–H groups in total. The predicted octanol–water partition coefficient (Wildman–Crippen LogP) is 2.95. The number of nitrogens with zero attached hydrogens (tertiary/aromatic N) is 2. The van der Waals surface area contributed by atoms with Gasteiger partial charge in [0, 0.05) is 42.3 Å². The third kappa shape index (κ3) is 5.44. The SMILES string of the molecule is O=C(NCCN1CCOCC1)c1cccnc1Sc1ccc(Cl)cc1. The molecular weight excluding hydrogens is 358 g/mol. The van der Waals surface area contributed by atoms with Gasteiger partial charge in [0.1, 0.15) is 5.03 Å². The van der Waals surface area contributed by atoms with Gasteiger partial charge in [0.25, 0.3) is 5.91 Å². The van der Waals surface area contributed by atoms with Gasteiger partial charge in [0.2, 0.25) is 0 Å². The largest absolute Gasteiger partial charge is 0.379 e. The van der Waals surface area contributed by atoms with E-state index in [2.05, 4.69) is 15.2 Å². The number of ether oxygens (including phenoxy) is 1. The van der Waals surface area contributed by atoms with Crippen LogP contribution in [0.3, 0.4) is 0 Å². The first-order valence-electron chi connectivity index (χ1n) is 8.19. The number of benzene rings is 1. The summed E-state index contributed by atoms with van der Waals surface area (Å²) in [6.07, 6.45) is 1.70. The third-order valence-electron chi connectivity index (χ3n) is 3.86. The molecule has 1 aromatic carbocycles. The fourth-order valence-electron chi connectivity index (χ4n) is 2.51. The number of aromatic nitrogens is 1. The van der Waals surface area contributed by atoms with Gasteiger partial charge in [-0.2, -0.15) is 0 Å². The summed E-state index contributed by atoms with van der Waals surface area (Å²) >= 11 is 7.37. The Hall–Kier alpha value is -1.60. The normalized spacial score (nSPS) is 15.1. The standard InChI is InChI=1S/C18H20ClN3O2S/c19-14-3-5-15(6-4-14)25-18-16(2-1-7-21-18)17(23)20-8-9-22-10-12-24-13-11-22/h1-7H,8-13H2,(H,20,23). The van der Waals surface area contributed by atoms with Crippen molar-refractivity contribution in [3.63, 3.8) is 0 Å². The molecule has 1 aromatic heterocycles. The molecule has 1 amide bonds. The van der Waals surface area contributed by atoms with E-state index in [1.54, 1.807) is 18.3 Å². The third-order valence-corrected chi connectivity index (χ3v) is 5.14.